The molecule has 6 aromatic rings. The van der Waals surface area contributed by atoms with Crippen LogP contribution in [0.1, 0.15) is 43.9 Å². The lowest BCUT2D eigenvalue weighted by atomic mass is 9.74. The van der Waals surface area contributed by atoms with E-state index in [9.17, 15) is 20.0 Å². The molecule has 0 spiro atoms. The molecule has 7 nitrogen and oxygen atoms in total. The van der Waals surface area contributed by atoms with Gasteiger partial charge in [-0.2, -0.15) is 9.84 Å². The Morgan fingerprint density at radius 3 is 2.18 bits per heavy atom. The number of allylic oxidation sites excluding steroid dienone is 6. The van der Waals surface area contributed by atoms with E-state index in [0.717, 1.165) is 66.2 Å². The molecule has 57 heavy (non-hydrogen) atoms. The molecule has 2 heterocycles. The Bertz CT molecular complexity index is 2750. The van der Waals surface area contributed by atoms with E-state index >= 15 is 0 Å². The van der Waals surface area contributed by atoms with Crippen molar-refractivity contribution in [1.82, 2.24) is 0 Å². The van der Waals surface area contributed by atoms with E-state index < -0.39 is 16.8 Å². The minimum absolute atomic E-state index is 0.0552. The summed E-state index contributed by atoms with van der Waals surface area (Å²) < 4.78 is 7.36. The largest absolute Gasteiger partial charge is 0.481 e. The number of aliphatic carboxylic acids is 1. The first-order valence-corrected chi connectivity index (χ1v) is 19.4. The van der Waals surface area contributed by atoms with E-state index in [1.165, 1.54) is 5.56 Å². The number of ether oxygens (including phenoxy) is 1. The number of carboxylic acids is 1. The molecule has 0 aliphatic carbocycles. The number of carbonyl (C=O) groups is 2. The van der Waals surface area contributed by atoms with E-state index in [0.29, 0.717) is 25.0 Å². The zero-order chi connectivity index (χ0) is 39.7. The van der Waals surface area contributed by atoms with Gasteiger partial charge >= 0.3 is 5.97 Å². The standard InChI is InChI=1S/C50H43N3O4/c1-49(2)43(52(29-30-57-33-54)42-24-23-36-15-7-8-16-37(36)46(42)49)25-21-35(32-51)22-26-44-50(3,31-34-13-5-4-6-14-34)47-40-19-11-9-17-38(40)39-18-10-12-20-41(39)48(47)53(44)28-27-45(55)56/h4-26,33H,27-31H2,1-3H3/p+1. The van der Waals surface area contributed by atoms with E-state index in [2.05, 4.69) is 127 Å². The van der Waals surface area contributed by atoms with Crippen LogP contribution in [0.3, 0.4) is 0 Å². The first-order chi connectivity index (χ1) is 27.7. The number of carboxylic acid groups (broad SMARTS) is 1. The Kier molecular flexibility index (Phi) is 9.81. The third kappa shape index (κ3) is 6.47. The van der Waals surface area contributed by atoms with Crippen molar-refractivity contribution in [3.8, 4) is 6.07 Å². The average molecular weight is 751 g/mol. The van der Waals surface area contributed by atoms with E-state index in [1.54, 1.807) is 0 Å². The van der Waals surface area contributed by atoms with Gasteiger partial charge in [0, 0.05) is 40.7 Å². The molecule has 6 aromatic carbocycles. The molecule has 282 valence electrons. The zero-order valence-electron chi connectivity index (χ0n) is 32.4. The summed E-state index contributed by atoms with van der Waals surface area (Å²) in [5.41, 5.74) is 6.91. The highest BCUT2D eigenvalue weighted by Crippen LogP contribution is 2.56. The molecular formula is C50H44N3O4+. The molecule has 0 bridgehead atoms. The molecule has 1 atom stereocenters. The Morgan fingerprint density at radius 1 is 0.825 bits per heavy atom. The van der Waals surface area contributed by atoms with Crippen molar-refractivity contribution in [2.24, 2.45) is 0 Å². The van der Waals surface area contributed by atoms with Crippen molar-refractivity contribution in [3.63, 3.8) is 0 Å². The van der Waals surface area contributed by atoms with E-state index in [4.69, 9.17) is 4.74 Å². The van der Waals surface area contributed by atoms with Crippen LogP contribution < -0.4 is 4.90 Å². The highest BCUT2D eigenvalue weighted by molar-refractivity contribution is 6.17. The number of carbonyl (C=O) groups excluding carboxylic acids is 1. The Labute approximate surface area is 332 Å². The van der Waals surface area contributed by atoms with Crippen molar-refractivity contribution in [2.45, 2.75) is 44.4 Å². The van der Waals surface area contributed by atoms with Crippen LogP contribution in [-0.4, -0.2) is 47.5 Å². The van der Waals surface area contributed by atoms with Crippen LogP contribution in [-0.2, 0) is 31.6 Å². The first-order valence-electron chi connectivity index (χ1n) is 19.4. The maximum absolute atomic E-state index is 12.2. The summed E-state index contributed by atoms with van der Waals surface area (Å²) in [6.45, 7) is 8.04. The third-order valence-electron chi connectivity index (χ3n) is 11.8. The maximum Gasteiger partial charge on any atom is 0.305 e. The number of rotatable bonds is 12. The predicted molar refractivity (Wildman–Crippen MR) is 228 cm³/mol. The molecule has 7 heteroatoms. The van der Waals surface area contributed by atoms with Gasteiger partial charge in [0.05, 0.1) is 29.2 Å². The monoisotopic (exact) mass is 750 g/mol. The van der Waals surface area contributed by atoms with Gasteiger partial charge in [-0.25, -0.2) is 0 Å². The summed E-state index contributed by atoms with van der Waals surface area (Å²) in [7, 11) is 0. The molecule has 2 aliphatic rings. The topological polar surface area (TPSA) is 93.6 Å². The number of benzene rings is 6. The number of hydrogen-bond acceptors (Lipinski definition) is 5. The highest BCUT2D eigenvalue weighted by atomic mass is 16.5. The van der Waals surface area contributed by atoms with Crippen LogP contribution >= 0.6 is 0 Å². The van der Waals surface area contributed by atoms with Gasteiger partial charge in [0.25, 0.3) is 6.47 Å². The second kappa shape index (κ2) is 15.0. The molecule has 2 aliphatic heterocycles. The Hall–Kier alpha value is -6.78. The molecule has 0 aromatic heterocycles. The van der Waals surface area contributed by atoms with Crippen molar-refractivity contribution in [3.05, 3.63) is 168 Å². The van der Waals surface area contributed by atoms with Crippen LogP contribution in [0, 0.1) is 11.3 Å². The van der Waals surface area contributed by atoms with Gasteiger partial charge in [0.15, 0.2) is 12.3 Å². The van der Waals surface area contributed by atoms with Gasteiger partial charge in [0.1, 0.15) is 6.61 Å². The van der Waals surface area contributed by atoms with Gasteiger partial charge in [-0.1, -0.05) is 103 Å². The van der Waals surface area contributed by atoms with Gasteiger partial charge < -0.3 is 14.7 Å². The third-order valence-corrected chi connectivity index (χ3v) is 11.8. The second-order valence-corrected chi connectivity index (χ2v) is 15.5. The van der Waals surface area contributed by atoms with Crippen LogP contribution in [0.2, 0.25) is 0 Å². The van der Waals surface area contributed by atoms with Crippen LogP contribution in [0.5, 0.6) is 0 Å². The number of nitrogens with zero attached hydrogens (tertiary/aromatic N) is 3. The average Bonchev–Trinajstić information content (AvgIpc) is 3.60. The minimum atomic E-state index is -0.873. The van der Waals surface area contributed by atoms with E-state index in [1.807, 2.05) is 48.6 Å². The molecule has 0 saturated carbocycles. The fraction of sp³-hybridized carbons (Fsp3) is 0.200. The highest BCUT2D eigenvalue weighted by Gasteiger charge is 2.47. The molecule has 8 rings (SSSR count). The fourth-order valence-electron chi connectivity index (χ4n) is 9.34. The van der Waals surface area contributed by atoms with Crippen LogP contribution in [0.4, 0.5) is 11.4 Å². The maximum atomic E-state index is 12.2. The van der Waals surface area contributed by atoms with Crippen molar-refractivity contribution in [1.29, 1.82) is 5.26 Å². The summed E-state index contributed by atoms with van der Waals surface area (Å²) in [6.07, 6.45) is 8.38. The van der Waals surface area contributed by atoms with Crippen molar-refractivity contribution < 1.29 is 24.0 Å². The fourth-order valence-corrected chi connectivity index (χ4v) is 9.34. The smallest absolute Gasteiger partial charge is 0.305 e. The quantitative estimate of drug-likeness (QED) is 0.0334. The van der Waals surface area contributed by atoms with Gasteiger partial charge in [-0.15, -0.1) is 0 Å². The van der Waals surface area contributed by atoms with Gasteiger partial charge in [-0.05, 0) is 89.5 Å². The van der Waals surface area contributed by atoms with Gasteiger partial charge in [0.2, 0.25) is 5.69 Å². The lowest BCUT2D eigenvalue weighted by Crippen LogP contribution is -2.32. The summed E-state index contributed by atoms with van der Waals surface area (Å²) in [5.74, 6) is -0.873. The molecule has 0 amide bonds. The normalized spacial score (nSPS) is 18.1. The molecule has 1 N–H and O–H groups in total. The van der Waals surface area contributed by atoms with Crippen molar-refractivity contribution in [2.75, 3.05) is 24.6 Å². The van der Waals surface area contributed by atoms with Crippen molar-refractivity contribution >= 4 is 61.8 Å². The number of hydrogen-bond donors (Lipinski definition) is 1. The molecule has 0 radical (unpaired) electrons. The lowest BCUT2D eigenvalue weighted by Gasteiger charge is -2.31. The molecular weight excluding hydrogens is 707 g/mol. The first kappa shape index (κ1) is 37.2. The summed E-state index contributed by atoms with van der Waals surface area (Å²) >= 11 is 0. The Morgan fingerprint density at radius 2 is 1.47 bits per heavy atom. The second-order valence-electron chi connectivity index (χ2n) is 15.5. The molecule has 0 saturated heterocycles. The summed E-state index contributed by atoms with van der Waals surface area (Å²) in [6, 6.07) is 42.2. The SMILES string of the molecule is CC1(C)C(/C=C/C(C#N)=C/C=C2\N(CCC(=O)O)c3c(c4ccccc4c4ccccc34)C2(C)Cc2ccccc2)=[N+](CCOC=O)c2ccc3ccccc3c21. The number of nitriles is 1. The van der Waals surface area contributed by atoms with Crippen LogP contribution in [0.15, 0.2) is 151 Å². The summed E-state index contributed by atoms with van der Waals surface area (Å²) in [5, 5.41) is 27.4. The lowest BCUT2D eigenvalue weighted by molar-refractivity contribution is -0.440. The minimum Gasteiger partial charge on any atom is -0.481 e. The Balaban J connectivity index is 1.30. The van der Waals surface area contributed by atoms with Crippen LogP contribution in [0.25, 0.3) is 32.3 Å². The molecule has 0 fully saturated rings. The number of anilines is 1. The number of fused-ring (bicyclic) bond motifs is 9. The summed E-state index contributed by atoms with van der Waals surface area (Å²) in [4.78, 5) is 25.5. The van der Waals surface area contributed by atoms with E-state index in [-0.39, 0.29) is 19.6 Å². The predicted octanol–water partition coefficient (Wildman–Crippen LogP) is 10.1. The molecule has 1 unspecified atom stereocenters. The van der Waals surface area contributed by atoms with Gasteiger partial charge in [-0.3, -0.25) is 9.59 Å². The zero-order valence-corrected chi connectivity index (χ0v) is 32.4.